The van der Waals surface area contributed by atoms with E-state index in [0.717, 1.165) is 41.7 Å². The van der Waals surface area contributed by atoms with Crippen LogP contribution in [0.15, 0.2) is 23.1 Å². The van der Waals surface area contributed by atoms with Crippen molar-refractivity contribution in [3.63, 3.8) is 0 Å². The average Bonchev–Trinajstić information content (AvgIpc) is 2.80. The van der Waals surface area contributed by atoms with Crippen LogP contribution in [0.25, 0.3) is 0 Å². The molecule has 1 saturated heterocycles. The molecule has 1 N–H and O–H groups in total. The van der Waals surface area contributed by atoms with Gasteiger partial charge in [-0.25, -0.2) is 0 Å². The number of carbonyl (C=O) groups is 1. The highest BCUT2D eigenvalue weighted by Crippen LogP contribution is 2.30. The van der Waals surface area contributed by atoms with Crippen LogP contribution in [0.1, 0.15) is 12.8 Å². The van der Waals surface area contributed by atoms with Crippen LogP contribution in [0, 0.1) is 5.92 Å². The molecular weight excluding hydrogens is 317 g/mol. The molecule has 0 aromatic heterocycles. The zero-order valence-corrected chi connectivity index (χ0v) is 13.3. The second-order valence-corrected chi connectivity index (χ2v) is 6.96. The van der Waals surface area contributed by atoms with Gasteiger partial charge in [-0.3, -0.25) is 4.79 Å². The zero-order valence-electron chi connectivity index (χ0n) is 11.0. The van der Waals surface area contributed by atoms with Crippen molar-refractivity contribution < 1.29 is 9.90 Å². The second-order valence-electron chi connectivity index (χ2n) is 4.98. The normalized spacial score (nSPS) is 19.4. The fourth-order valence-electron chi connectivity index (χ4n) is 2.40. The molecule has 1 aliphatic rings. The van der Waals surface area contributed by atoms with Crippen molar-refractivity contribution in [2.24, 2.45) is 5.92 Å². The third-order valence-corrected chi connectivity index (χ3v) is 5.10. The summed E-state index contributed by atoms with van der Waals surface area (Å²) < 4.78 is 0. The van der Waals surface area contributed by atoms with Gasteiger partial charge in [-0.1, -0.05) is 23.2 Å². The summed E-state index contributed by atoms with van der Waals surface area (Å²) in [4.78, 5) is 14.0. The Morgan fingerprint density at radius 3 is 3.00 bits per heavy atom. The second kappa shape index (κ2) is 7.55. The minimum Gasteiger partial charge on any atom is -0.481 e. The summed E-state index contributed by atoms with van der Waals surface area (Å²) in [5.74, 6) is 0.532. The van der Waals surface area contributed by atoms with Gasteiger partial charge >= 0.3 is 5.97 Å². The van der Waals surface area contributed by atoms with E-state index in [2.05, 4.69) is 4.90 Å². The summed E-state index contributed by atoms with van der Waals surface area (Å²) in [6.07, 6.45) is 1.26. The van der Waals surface area contributed by atoms with Gasteiger partial charge in [0.25, 0.3) is 0 Å². The van der Waals surface area contributed by atoms with Crippen LogP contribution in [-0.4, -0.2) is 41.4 Å². The summed E-state index contributed by atoms with van der Waals surface area (Å²) >= 11 is 13.8. The monoisotopic (exact) mass is 333 g/mol. The maximum absolute atomic E-state index is 10.7. The summed E-state index contributed by atoms with van der Waals surface area (Å²) in [6, 6.07) is 5.47. The van der Waals surface area contributed by atoms with Crippen molar-refractivity contribution in [3.05, 3.63) is 28.2 Å². The van der Waals surface area contributed by atoms with E-state index < -0.39 is 5.97 Å². The molecule has 20 heavy (non-hydrogen) atoms. The van der Waals surface area contributed by atoms with Crippen LogP contribution in [0.2, 0.25) is 10.0 Å². The molecule has 0 amide bonds. The lowest BCUT2D eigenvalue weighted by molar-refractivity contribution is -0.138. The smallest absolute Gasteiger partial charge is 0.303 e. The highest BCUT2D eigenvalue weighted by Gasteiger charge is 2.23. The van der Waals surface area contributed by atoms with Crippen molar-refractivity contribution in [2.75, 3.05) is 25.4 Å². The molecule has 0 spiro atoms. The van der Waals surface area contributed by atoms with E-state index in [0.29, 0.717) is 10.9 Å². The standard InChI is InChI=1S/C14H17Cl2NO2S/c15-11-1-2-12(16)13(8-11)20-6-5-17-4-3-10(9-17)7-14(18)19/h1-2,8,10H,3-7,9H2,(H,18,19). The number of hydrogen-bond donors (Lipinski definition) is 1. The molecule has 110 valence electrons. The first-order chi connectivity index (χ1) is 9.54. The van der Waals surface area contributed by atoms with Crippen molar-refractivity contribution in [3.8, 4) is 0 Å². The number of carboxylic acid groups (broad SMARTS) is 1. The molecule has 0 bridgehead atoms. The molecule has 1 aliphatic heterocycles. The number of thioether (sulfide) groups is 1. The molecule has 0 saturated carbocycles. The fraction of sp³-hybridized carbons (Fsp3) is 0.500. The Morgan fingerprint density at radius 2 is 2.25 bits per heavy atom. The van der Waals surface area contributed by atoms with Gasteiger partial charge in [-0.05, 0) is 37.1 Å². The summed E-state index contributed by atoms with van der Waals surface area (Å²) in [7, 11) is 0. The van der Waals surface area contributed by atoms with E-state index in [-0.39, 0.29) is 6.42 Å². The van der Waals surface area contributed by atoms with Gasteiger partial charge in [0.05, 0.1) is 5.02 Å². The van der Waals surface area contributed by atoms with Crippen LogP contribution in [0.3, 0.4) is 0 Å². The van der Waals surface area contributed by atoms with Crippen molar-refractivity contribution in [2.45, 2.75) is 17.7 Å². The minimum absolute atomic E-state index is 0.282. The number of halogens is 2. The van der Waals surface area contributed by atoms with Crippen LogP contribution < -0.4 is 0 Å². The molecule has 0 aliphatic carbocycles. The first kappa shape index (κ1) is 16.0. The van der Waals surface area contributed by atoms with Crippen molar-refractivity contribution in [1.82, 2.24) is 4.90 Å². The first-order valence-corrected chi connectivity index (χ1v) is 8.31. The Bertz CT molecular complexity index is 484. The third-order valence-electron chi connectivity index (χ3n) is 3.39. The molecule has 1 atom stereocenters. The molecule has 2 rings (SSSR count). The number of carboxylic acids is 1. The third kappa shape index (κ3) is 4.85. The highest BCUT2D eigenvalue weighted by atomic mass is 35.5. The Labute approximate surface area is 133 Å². The number of nitrogens with zero attached hydrogens (tertiary/aromatic N) is 1. The van der Waals surface area contributed by atoms with E-state index in [1.165, 1.54) is 0 Å². The molecule has 0 radical (unpaired) electrons. The molecular formula is C14H17Cl2NO2S. The highest BCUT2D eigenvalue weighted by molar-refractivity contribution is 7.99. The maximum Gasteiger partial charge on any atom is 0.303 e. The Balaban J connectivity index is 1.74. The summed E-state index contributed by atoms with van der Waals surface area (Å²) in [5, 5.41) is 10.2. The lowest BCUT2D eigenvalue weighted by atomic mass is 10.1. The number of benzene rings is 1. The molecule has 1 aromatic carbocycles. The van der Waals surface area contributed by atoms with Crippen LogP contribution >= 0.6 is 35.0 Å². The van der Waals surface area contributed by atoms with Crippen molar-refractivity contribution in [1.29, 1.82) is 0 Å². The predicted molar refractivity (Wildman–Crippen MR) is 84.0 cm³/mol. The summed E-state index contributed by atoms with van der Waals surface area (Å²) in [6.45, 7) is 2.82. The Hall–Kier alpha value is -0.420. The van der Waals surface area contributed by atoms with Gasteiger partial charge in [0.1, 0.15) is 0 Å². The van der Waals surface area contributed by atoms with Gasteiger partial charge in [-0.15, -0.1) is 11.8 Å². The Kier molecular flexibility index (Phi) is 6.02. The summed E-state index contributed by atoms with van der Waals surface area (Å²) in [5.41, 5.74) is 0. The maximum atomic E-state index is 10.7. The number of hydrogen-bond acceptors (Lipinski definition) is 3. The molecule has 1 unspecified atom stereocenters. The lowest BCUT2D eigenvalue weighted by Gasteiger charge is -2.15. The molecule has 6 heteroatoms. The minimum atomic E-state index is -0.697. The van der Waals surface area contributed by atoms with Crippen molar-refractivity contribution >= 4 is 40.9 Å². The van der Waals surface area contributed by atoms with E-state index in [1.54, 1.807) is 17.8 Å². The van der Waals surface area contributed by atoms with E-state index in [1.807, 2.05) is 12.1 Å². The van der Waals surface area contributed by atoms with Gasteiger partial charge < -0.3 is 10.0 Å². The Morgan fingerprint density at radius 1 is 1.45 bits per heavy atom. The fourth-order valence-corrected chi connectivity index (χ4v) is 3.91. The van der Waals surface area contributed by atoms with Gasteiger partial charge in [-0.2, -0.15) is 0 Å². The van der Waals surface area contributed by atoms with Gasteiger partial charge in [0.15, 0.2) is 0 Å². The van der Waals surface area contributed by atoms with Crippen LogP contribution in [0.4, 0.5) is 0 Å². The predicted octanol–water partition coefficient (Wildman–Crippen LogP) is 3.88. The number of aliphatic carboxylic acids is 1. The number of rotatable bonds is 6. The van der Waals surface area contributed by atoms with Gasteiger partial charge in [0.2, 0.25) is 0 Å². The van der Waals surface area contributed by atoms with Crippen LogP contribution in [0.5, 0.6) is 0 Å². The SMILES string of the molecule is O=C(O)CC1CCN(CCSc2cc(Cl)ccc2Cl)C1. The average molecular weight is 334 g/mol. The first-order valence-electron chi connectivity index (χ1n) is 6.56. The van der Waals surface area contributed by atoms with E-state index >= 15 is 0 Å². The largest absolute Gasteiger partial charge is 0.481 e. The quantitative estimate of drug-likeness (QED) is 0.802. The van der Waals surface area contributed by atoms with Gasteiger partial charge in [0, 0.05) is 35.2 Å². The topological polar surface area (TPSA) is 40.5 Å². The number of likely N-dealkylation sites (tertiary alicyclic amines) is 1. The van der Waals surface area contributed by atoms with E-state index in [4.69, 9.17) is 28.3 Å². The molecule has 3 nitrogen and oxygen atoms in total. The zero-order chi connectivity index (χ0) is 14.5. The lowest BCUT2D eigenvalue weighted by Crippen LogP contribution is -2.23. The molecule has 1 fully saturated rings. The van der Waals surface area contributed by atoms with Crippen LogP contribution in [-0.2, 0) is 4.79 Å². The molecule has 1 heterocycles. The van der Waals surface area contributed by atoms with E-state index in [9.17, 15) is 4.79 Å². The molecule has 1 aromatic rings.